The number of fused-ring (bicyclic) bond motifs is 4. The fourth-order valence-electron chi connectivity index (χ4n) is 3.86. The van der Waals surface area contributed by atoms with Gasteiger partial charge in [-0.15, -0.1) is 11.3 Å². The summed E-state index contributed by atoms with van der Waals surface area (Å²) in [5.41, 5.74) is 4.17. The molecule has 0 saturated carbocycles. The van der Waals surface area contributed by atoms with Gasteiger partial charge in [-0.25, -0.2) is 9.97 Å². The van der Waals surface area contributed by atoms with Crippen LogP contribution < -0.4 is 5.32 Å². The molecule has 0 bridgehead atoms. The van der Waals surface area contributed by atoms with Gasteiger partial charge in [-0.1, -0.05) is 0 Å². The van der Waals surface area contributed by atoms with Gasteiger partial charge >= 0.3 is 5.97 Å². The summed E-state index contributed by atoms with van der Waals surface area (Å²) in [5.74, 6) is 0.625. The van der Waals surface area contributed by atoms with Gasteiger partial charge in [0.25, 0.3) is 0 Å². The van der Waals surface area contributed by atoms with Gasteiger partial charge in [-0.3, -0.25) is 14.8 Å². The van der Waals surface area contributed by atoms with E-state index >= 15 is 0 Å². The Labute approximate surface area is 165 Å². The number of aromatic nitrogens is 3. The standard InChI is InChI=1S/C20H19N5O2S/c1-2-27-20(26)11-3-4-14-16(6-11)28-19-17(14)18(23-10-24-19)25-13-5-12-7-21-9-15(12)22-8-13/h5,7-8,10-11H,2-4,6,9H2,1H3,(H,23,24,25)/t11-/m0/s1. The zero-order chi connectivity index (χ0) is 19.1. The number of thiophene rings is 1. The first-order valence-corrected chi connectivity index (χ1v) is 10.2. The lowest BCUT2D eigenvalue weighted by Crippen LogP contribution is -2.23. The Bertz CT molecular complexity index is 1110. The van der Waals surface area contributed by atoms with Gasteiger partial charge < -0.3 is 10.1 Å². The molecule has 0 aromatic carbocycles. The number of aliphatic imine (C=N–C) groups is 1. The maximum atomic E-state index is 12.1. The van der Waals surface area contributed by atoms with Crippen molar-refractivity contribution in [2.45, 2.75) is 32.7 Å². The van der Waals surface area contributed by atoms with E-state index in [1.54, 1.807) is 17.7 Å². The van der Waals surface area contributed by atoms with Crippen LogP contribution in [0.25, 0.3) is 10.2 Å². The third-order valence-corrected chi connectivity index (χ3v) is 6.37. The Morgan fingerprint density at radius 2 is 2.29 bits per heavy atom. The van der Waals surface area contributed by atoms with Crippen LogP contribution in [0, 0.1) is 5.92 Å². The summed E-state index contributed by atoms with van der Waals surface area (Å²) in [6.07, 6.45) is 7.59. The second-order valence-electron chi connectivity index (χ2n) is 6.95. The van der Waals surface area contributed by atoms with E-state index in [1.807, 2.05) is 25.4 Å². The largest absolute Gasteiger partial charge is 0.466 e. The number of esters is 1. The second-order valence-corrected chi connectivity index (χ2v) is 8.04. The quantitative estimate of drug-likeness (QED) is 0.683. The number of carbonyl (C=O) groups excluding carboxylic acids is 1. The second kappa shape index (κ2) is 6.94. The number of hydrogen-bond acceptors (Lipinski definition) is 8. The van der Waals surface area contributed by atoms with Gasteiger partial charge in [0, 0.05) is 16.7 Å². The summed E-state index contributed by atoms with van der Waals surface area (Å²) < 4.78 is 5.22. The molecular weight excluding hydrogens is 374 g/mol. The molecule has 1 N–H and O–H groups in total. The molecule has 1 aliphatic carbocycles. The first kappa shape index (κ1) is 17.2. The normalized spacial score (nSPS) is 17.4. The van der Waals surface area contributed by atoms with Gasteiger partial charge in [0.2, 0.25) is 0 Å². The van der Waals surface area contributed by atoms with Crippen molar-refractivity contribution in [3.8, 4) is 0 Å². The van der Waals surface area contributed by atoms with Gasteiger partial charge in [-0.2, -0.15) is 0 Å². The zero-order valence-electron chi connectivity index (χ0n) is 15.4. The predicted octanol–water partition coefficient (Wildman–Crippen LogP) is 3.43. The van der Waals surface area contributed by atoms with E-state index in [-0.39, 0.29) is 11.9 Å². The fourth-order valence-corrected chi connectivity index (χ4v) is 5.12. The Kier molecular flexibility index (Phi) is 4.27. The van der Waals surface area contributed by atoms with Crippen molar-refractivity contribution in [3.05, 3.63) is 40.3 Å². The van der Waals surface area contributed by atoms with Crippen molar-refractivity contribution in [1.82, 2.24) is 15.0 Å². The van der Waals surface area contributed by atoms with Gasteiger partial charge in [-0.05, 0) is 37.8 Å². The first-order valence-electron chi connectivity index (χ1n) is 9.40. The van der Waals surface area contributed by atoms with Crippen LogP contribution in [0.15, 0.2) is 23.6 Å². The molecule has 28 heavy (non-hydrogen) atoms. The van der Waals surface area contributed by atoms with E-state index in [4.69, 9.17) is 4.74 Å². The molecule has 0 saturated heterocycles. The molecule has 4 heterocycles. The number of pyridine rings is 1. The number of rotatable bonds is 4. The monoisotopic (exact) mass is 393 g/mol. The van der Waals surface area contributed by atoms with Crippen LogP contribution in [0.3, 0.4) is 0 Å². The number of aryl methyl sites for hydroxylation is 1. The fraction of sp³-hybridized carbons (Fsp3) is 0.350. The number of nitrogens with one attached hydrogen (secondary N) is 1. The van der Waals surface area contributed by atoms with Crippen molar-refractivity contribution in [2.75, 3.05) is 11.9 Å². The number of nitrogens with zero attached hydrogens (tertiary/aromatic N) is 4. The highest BCUT2D eigenvalue weighted by Gasteiger charge is 2.29. The molecule has 1 atom stereocenters. The van der Waals surface area contributed by atoms with Gasteiger partial charge in [0.1, 0.15) is 17.0 Å². The number of hydrogen-bond donors (Lipinski definition) is 1. The molecule has 2 aliphatic rings. The minimum atomic E-state index is -0.0964. The molecule has 5 rings (SSSR count). The van der Waals surface area contributed by atoms with E-state index in [9.17, 15) is 4.79 Å². The van der Waals surface area contributed by atoms with Crippen LogP contribution in [-0.4, -0.2) is 33.7 Å². The highest BCUT2D eigenvalue weighted by Crippen LogP contribution is 2.40. The lowest BCUT2D eigenvalue weighted by Gasteiger charge is -2.20. The zero-order valence-corrected chi connectivity index (χ0v) is 16.3. The first-order chi connectivity index (χ1) is 13.7. The summed E-state index contributed by atoms with van der Waals surface area (Å²) in [7, 11) is 0. The molecule has 7 nitrogen and oxygen atoms in total. The van der Waals surface area contributed by atoms with Crippen LogP contribution in [0.5, 0.6) is 0 Å². The average Bonchev–Trinajstić information content (AvgIpc) is 3.31. The van der Waals surface area contributed by atoms with E-state index in [0.29, 0.717) is 19.6 Å². The summed E-state index contributed by atoms with van der Waals surface area (Å²) in [6.45, 7) is 2.92. The molecule has 0 amide bonds. The van der Waals surface area contributed by atoms with Crippen molar-refractivity contribution in [2.24, 2.45) is 10.9 Å². The molecule has 142 valence electrons. The summed E-state index contributed by atoms with van der Waals surface area (Å²) in [6, 6.07) is 2.04. The molecule has 3 aromatic rings. The minimum Gasteiger partial charge on any atom is -0.466 e. The third-order valence-electron chi connectivity index (χ3n) is 5.20. The smallest absolute Gasteiger partial charge is 0.309 e. The maximum absolute atomic E-state index is 12.1. The highest BCUT2D eigenvalue weighted by molar-refractivity contribution is 7.19. The van der Waals surface area contributed by atoms with Crippen LogP contribution >= 0.6 is 11.3 Å². The molecule has 1 aliphatic heterocycles. The van der Waals surface area contributed by atoms with E-state index < -0.39 is 0 Å². The van der Waals surface area contributed by atoms with E-state index in [2.05, 4.69) is 25.3 Å². The van der Waals surface area contributed by atoms with Crippen LogP contribution in [0.4, 0.5) is 11.5 Å². The molecule has 3 aromatic heterocycles. The predicted molar refractivity (Wildman–Crippen MR) is 108 cm³/mol. The van der Waals surface area contributed by atoms with Crippen LogP contribution in [-0.2, 0) is 28.9 Å². The third kappa shape index (κ3) is 2.93. The average molecular weight is 393 g/mol. The SMILES string of the molecule is CCOC(=O)[C@H]1CCc2c(sc3ncnc(Nc4cnc5c(c4)C=NC5)c23)C1. The van der Waals surface area contributed by atoms with Crippen molar-refractivity contribution < 1.29 is 9.53 Å². The highest BCUT2D eigenvalue weighted by atomic mass is 32.1. The number of anilines is 2. The summed E-state index contributed by atoms with van der Waals surface area (Å²) in [4.78, 5) is 32.0. The van der Waals surface area contributed by atoms with E-state index in [0.717, 1.165) is 45.8 Å². The Morgan fingerprint density at radius 1 is 1.36 bits per heavy atom. The Hall–Kier alpha value is -2.87. The molecule has 0 fully saturated rings. The Balaban J connectivity index is 1.48. The van der Waals surface area contributed by atoms with Crippen LogP contribution in [0.1, 0.15) is 35.0 Å². The number of carbonyl (C=O) groups is 1. The topological polar surface area (TPSA) is 89.4 Å². The molecular formula is C20H19N5O2S. The molecule has 0 spiro atoms. The molecule has 0 radical (unpaired) electrons. The van der Waals surface area contributed by atoms with E-state index in [1.165, 1.54) is 10.4 Å². The van der Waals surface area contributed by atoms with Crippen molar-refractivity contribution in [1.29, 1.82) is 0 Å². The lowest BCUT2D eigenvalue weighted by molar-refractivity contribution is -0.148. The van der Waals surface area contributed by atoms with Crippen molar-refractivity contribution >= 4 is 45.2 Å². The lowest BCUT2D eigenvalue weighted by atomic mass is 9.88. The Morgan fingerprint density at radius 3 is 3.18 bits per heavy atom. The minimum absolute atomic E-state index is 0.0647. The van der Waals surface area contributed by atoms with Gasteiger partial charge in [0.05, 0.1) is 42.0 Å². The molecule has 0 unspecified atom stereocenters. The number of ether oxygens (including phenoxy) is 1. The van der Waals surface area contributed by atoms with Gasteiger partial charge in [0.15, 0.2) is 0 Å². The molecule has 8 heteroatoms. The summed E-state index contributed by atoms with van der Waals surface area (Å²) >= 11 is 1.65. The summed E-state index contributed by atoms with van der Waals surface area (Å²) in [5, 5.41) is 4.46. The maximum Gasteiger partial charge on any atom is 0.309 e. The van der Waals surface area contributed by atoms with Crippen LogP contribution in [0.2, 0.25) is 0 Å². The van der Waals surface area contributed by atoms with Crippen molar-refractivity contribution in [3.63, 3.8) is 0 Å².